The fourth-order valence-electron chi connectivity index (χ4n) is 2.46. The van der Waals surface area contributed by atoms with E-state index in [4.69, 9.17) is 0 Å². The first-order chi connectivity index (χ1) is 11.5. The van der Waals surface area contributed by atoms with E-state index in [9.17, 15) is 20.0 Å². The van der Waals surface area contributed by atoms with Crippen LogP contribution in [0.5, 0.6) is 0 Å². The molecular weight excluding hydrogens is 312 g/mol. The number of pyridine rings is 1. The summed E-state index contributed by atoms with van der Waals surface area (Å²) in [4.78, 5) is 26.3. The summed E-state index contributed by atoms with van der Waals surface area (Å²) < 4.78 is 1.39. The van der Waals surface area contributed by atoms with Gasteiger partial charge in [0.05, 0.1) is 16.3 Å². The normalized spacial score (nSPS) is 10.5. The number of carboxylic acids is 1. The minimum atomic E-state index is -1.16. The summed E-state index contributed by atoms with van der Waals surface area (Å²) in [6, 6.07) is 10.9. The number of carbonyl (C=O) groups is 1. The average Bonchev–Trinajstić information content (AvgIpc) is 2.93. The highest BCUT2D eigenvalue weighted by molar-refractivity contribution is 5.96. The van der Waals surface area contributed by atoms with E-state index >= 15 is 0 Å². The predicted molar refractivity (Wildman–Crippen MR) is 85.1 cm³/mol. The van der Waals surface area contributed by atoms with Gasteiger partial charge in [0.1, 0.15) is 5.56 Å². The molecule has 0 saturated heterocycles. The van der Waals surface area contributed by atoms with E-state index in [0.29, 0.717) is 17.1 Å². The Labute approximate surface area is 136 Å². The molecule has 0 fully saturated rings. The number of rotatable bonds is 4. The van der Waals surface area contributed by atoms with Crippen LogP contribution in [-0.4, -0.2) is 30.8 Å². The van der Waals surface area contributed by atoms with Crippen molar-refractivity contribution >= 4 is 11.7 Å². The van der Waals surface area contributed by atoms with Crippen LogP contribution in [0.1, 0.15) is 16.1 Å². The Hall–Kier alpha value is -3.55. The van der Waals surface area contributed by atoms with E-state index in [0.717, 1.165) is 0 Å². The zero-order chi connectivity index (χ0) is 17.3. The molecule has 2 aromatic heterocycles. The zero-order valence-electron chi connectivity index (χ0n) is 12.6. The standard InChI is InChI=1S/C16H12N4O4/c1-10-14(16(21)22)15(11-5-4-6-12(9-11)20(23)24)19(18-10)13-7-2-3-8-17-13/h2-9H,1H3,(H,21,22). The molecule has 0 radical (unpaired) electrons. The van der Waals surface area contributed by atoms with E-state index in [2.05, 4.69) is 10.1 Å². The van der Waals surface area contributed by atoms with Crippen LogP contribution >= 0.6 is 0 Å². The van der Waals surface area contributed by atoms with Crippen LogP contribution in [0.2, 0.25) is 0 Å². The lowest BCUT2D eigenvalue weighted by Gasteiger charge is -2.08. The van der Waals surface area contributed by atoms with Crippen molar-refractivity contribution in [3.05, 3.63) is 70.0 Å². The fraction of sp³-hybridized carbons (Fsp3) is 0.0625. The summed E-state index contributed by atoms with van der Waals surface area (Å²) in [7, 11) is 0. The smallest absolute Gasteiger partial charge is 0.339 e. The van der Waals surface area contributed by atoms with Crippen LogP contribution in [0, 0.1) is 17.0 Å². The average molecular weight is 324 g/mol. The second-order valence-electron chi connectivity index (χ2n) is 5.02. The van der Waals surface area contributed by atoms with Gasteiger partial charge >= 0.3 is 5.97 Å². The Bertz CT molecular complexity index is 935. The summed E-state index contributed by atoms with van der Waals surface area (Å²) in [5, 5.41) is 24.8. The topological polar surface area (TPSA) is 111 Å². The molecule has 120 valence electrons. The summed E-state index contributed by atoms with van der Waals surface area (Å²) >= 11 is 0. The number of non-ortho nitro benzene ring substituents is 1. The number of nitro benzene ring substituents is 1. The lowest BCUT2D eigenvalue weighted by molar-refractivity contribution is -0.384. The Morgan fingerprint density at radius 2 is 2.04 bits per heavy atom. The maximum Gasteiger partial charge on any atom is 0.339 e. The lowest BCUT2D eigenvalue weighted by atomic mass is 10.1. The molecule has 0 aliphatic heterocycles. The first-order valence-electron chi connectivity index (χ1n) is 6.98. The van der Waals surface area contributed by atoms with Gasteiger partial charge in [0, 0.05) is 23.9 Å². The number of carboxylic acid groups (broad SMARTS) is 1. The maximum absolute atomic E-state index is 11.7. The van der Waals surface area contributed by atoms with Crippen LogP contribution in [0.15, 0.2) is 48.7 Å². The van der Waals surface area contributed by atoms with Gasteiger partial charge in [-0.3, -0.25) is 10.1 Å². The number of aromatic nitrogens is 3. The summed E-state index contributed by atoms with van der Waals surface area (Å²) in [5.41, 5.74) is 0.793. The third-order valence-corrected chi connectivity index (χ3v) is 3.47. The highest BCUT2D eigenvalue weighted by Gasteiger charge is 2.24. The highest BCUT2D eigenvalue weighted by atomic mass is 16.6. The van der Waals surface area contributed by atoms with Gasteiger partial charge in [0.25, 0.3) is 5.69 Å². The van der Waals surface area contributed by atoms with Gasteiger partial charge in [0.2, 0.25) is 0 Å². The number of aromatic carboxylic acids is 1. The van der Waals surface area contributed by atoms with Crippen LogP contribution in [0.25, 0.3) is 17.1 Å². The van der Waals surface area contributed by atoms with E-state index in [1.807, 2.05) is 0 Å². The highest BCUT2D eigenvalue weighted by Crippen LogP contribution is 2.30. The number of aryl methyl sites for hydroxylation is 1. The molecule has 0 spiro atoms. The molecule has 0 aliphatic carbocycles. The summed E-state index contributed by atoms with van der Waals surface area (Å²) in [6.45, 7) is 1.57. The molecule has 0 unspecified atom stereocenters. The van der Waals surface area contributed by atoms with Crippen molar-refractivity contribution in [2.45, 2.75) is 6.92 Å². The Morgan fingerprint density at radius 1 is 1.25 bits per heavy atom. The number of benzene rings is 1. The van der Waals surface area contributed by atoms with Gasteiger partial charge in [-0.25, -0.2) is 14.5 Å². The van der Waals surface area contributed by atoms with Gasteiger partial charge in [-0.05, 0) is 19.1 Å². The van der Waals surface area contributed by atoms with Gasteiger partial charge in [-0.15, -0.1) is 0 Å². The molecule has 1 N–H and O–H groups in total. The molecule has 0 amide bonds. The first-order valence-corrected chi connectivity index (χ1v) is 6.98. The van der Waals surface area contributed by atoms with Gasteiger partial charge < -0.3 is 5.11 Å². The minimum Gasteiger partial charge on any atom is -0.478 e. The SMILES string of the molecule is Cc1nn(-c2ccccn2)c(-c2cccc([N+](=O)[O-])c2)c1C(=O)O. The summed E-state index contributed by atoms with van der Waals surface area (Å²) in [5.74, 6) is -0.731. The molecule has 1 aromatic carbocycles. The number of hydrogen-bond acceptors (Lipinski definition) is 5. The van der Waals surface area contributed by atoms with Crippen molar-refractivity contribution in [1.82, 2.24) is 14.8 Å². The van der Waals surface area contributed by atoms with Gasteiger partial charge in [0.15, 0.2) is 5.82 Å². The minimum absolute atomic E-state index is 0.0128. The zero-order valence-corrected chi connectivity index (χ0v) is 12.6. The molecule has 24 heavy (non-hydrogen) atoms. The quantitative estimate of drug-likeness (QED) is 0.583. The molecule has 3 aromatic rings. The van der Waals surface area contributed by atoms with Crippen LogP contribution in [0.3, 0.4) is 0 Å². The van der Waals surface area contributed by atoms with E-state index in [1.165, 1.54) is 22.9 Å². The molecule has 0 atom stereocenters. The van der Waals surface area contributed by atoms with Crippen molar-refractivity contribution in [3.8, 4) is 17.1 Å². The Kier molecular flexibility index (Phi) is 3.78. The Morgan fingerprint density at radius 3 is 2.67 bits per heavy atom. The Balaban J connectivity index is 2.31. The fourth-order valence-corrected chi connectivity index (χ4v) is 2.46. The van der Waals surface area contributed by atoms with Crippen molar-refractivity contribution in [2.75, 3.05) is 0 Å². The third kappa shape index (κ3) is 2.60. The molecule has 0 bridgehead atoms. The second kappa shape index (κ2) is 5.92. The van der Waals surface area contributed by atoms with E-state index < -0.39 is 10.9 Å². The monoisotopic (exact) mass is 324 g/mol. The molecule has 3 rings (SSSR count). The molecule has 0 saturated carbocycles. The first kappa shape index (κ1) is 15.3. The molecule has 8 nitrogen and oxygen atoms in total. The van der Waals surface area contributed by atoms with Crippen molar-refractivity contribution in [1.29, 1.82) is 0 Å². The largest absolute Gasteiger partial charge is 0.478 e. The van der Waals surface area contributed by atoms with Gasteiger partial charge in [-0.2, -0.15) is 5.10 Å². The summed E-state index contributed by atoms with van der Waals surface area (Å²) in [6.07, 6.45) is 1.56. The predicted octanol–water partition coefficient (Wildman–Crippen LogP) is 2.85. The lowest BCUT2D eigenvalue weighted by Crippen LogP contribution is -2.04. The van der Waals surface area contributed by atoms with Crippen LogP contribution in [-0.2, 0) is 0 Å². The van der Waals surface area contributed by atoms with Gasteiger partial charge in [-0.1, -0.05) is 18.2 Å². The molecule has 0 aliphatic rings. The number of nitrogens with zero attached hydrogens (tertiary/aromatic N) is 4. The van der Waals surface area contributed by atoms with Crippen molar-refractivity contribution in [2.24, 2.45) is 0 Å². The molecular formula is C16H12N4O4. The van der Waals surface area contributed by atoms with Crippen LogP contribution in [0.4, 0.5) is 5.69 Å². The van der Waals surface area contributed by atoms with E-state index in [1.54, 1.807) is 37.4 Å². The second-order valence-corrected chi connectivity index (χ2v) is 5.02. The maximum atomic E-state index is 11.7. The van der Waals surface area contributed by atoms with Crippen molar-refractivity contribution < 1.29 is 14.8 Å². The number of nitro groups is 1. The van der Waals surface area contributed by atoms with Crippen LogP contribution < -0.4 is 0 Å². The molecule has 2 heterocycles. The van der Waals surface area contributed by atoms with Crippen molar-refractivity contribution in [3.63, 3.8) is 0 Å². The molecule has 8 heteroatoms. The van der Waals surface area contributed by atoms with E-state index in [-0.39, 0.29) is 16.9 Å². The number of hydrogen-bond donors (Lipinski definition) is 1. The third-order valence-electron chi connectivity index (χ3n) is 3.47.